The van der Waals surface area contributed by atoms with Crippen LogP contribution in [0.25, 0.3) is 0 Å². The normalized spacial score (nSPS) is 17.4. The quantitative estimate of drug-likeness (QED) is 0.784. The Kier molecular flexibility index (Phi) is 5.67. The second kappa shape index (κ2) is 8.37. The van der Waals surface area contributed by atoms with E-state index in [1.165, 1.54) is 0 Å². The van der Waals surface area contributed by atoms with Gasteiger partial charge < -0.3 is 15.3 Å². The molecule has 0 radical (unpaired) electrons. The van der Waals surface area contributed by atoms with Crippen molar-refractivity contribution in [3.8, 4) is 0 Å². The largest absolute Gasteiger partial charge is 0.386 e. The SMILES string of the molecule is Cc1ccc(C(=O)NCCC(=O)N2CCCn3nc(C(O)C4CC4)cc3C2)cc1. The first-order chi connectivity index (χ1) is 14.0. The zero-order valence-electron chi connectivity index (χ0n) is 16.8. The van der Waals surface area contributed by atoms with Gasteiger partial charge in [-0.15, -0.1) is 0 Å². The number of fused-ring (bicyclic) bond motifs is 1. The van der Waals surface area contributed by atoms with Crippen LogP contribution >= 0.6 is 0 Å². The number of aliphatic hydroxyl groups is 1. The van der Waals surface area contributed by atoms with Crippen molar-refractivity contribution in [1.82, 2.24) is 20.0 Å². The van der Waals surface area contributed by atoms with Gasteiger partial charge in [0.1, 0.15) is 6.10 Å². The van der Waals surface area contributed by atoms with Crippen LogP contribution in [-0.2, 0) is 17.9 Å². The second-order valence-corrected chi connectivity index (χ2v) is 8.11. The highest BCUT2D eigenvalue weighted by atomic mass is 16.3. The van der Waals surface area contributed by atoms with Gasteiger partial charge in [-0.1, -0.05) is 17.7 Å². The van der Waals surface area contributed by atoms with Gasteiger partial charge in [0.2, 0.25) is 5.91 Å². The van der Waals surface area contributed by atoms with Gasteiger partial charge in [-0.2, -0.15) is 5.10 Å². The highest BCUT2D eigenvalue weighted by Gasteiger charge is 2.33. The summed E-state index contributed by atoms with van der Waals surface area (Å²) in [7, 11) is 0. The Morgan fingerprint density at radius 2 is 2.00 bits per heavy atom. The fourth-order valence-corrected chi connectivity index (χ4v) is 3.74. The summed E-state index contributed by atoms with van der Waals surface area (Å²) in [5.74, 6) is 0.197. The van der Waals surface area contributed by atoms with Gasteiger partial charge >= 0.3 is 0 Å². The first-order valence-corrected chi connectivity index (χ1v) is 10.4. The number of hydrogen-bond donors (Lipinski definition) is 2. The maximum absolute atomic E-state index is 12.7. The van der Waals surface area contributed by atoms with E-state index in [4.69, 9.17) is 0 Å². The summed E-state index contributed by atoms with van der Waals surface area (Å²) in [6, 6.07) is 9.31. The molecule has 1 atom stereocenters. The van der Waals surface area contributed by atoms with Gasteiger partial charge in [0, 0.05) is 31.6 Å². The highest BCUT2D eigenvalue weighted by molar-refractivity contribution is 5.94. The fraction of sp³-hybridized carbons (Fsp3) is 0.500. The van der Waals surface area contributed by atoms with Crippen molar-refractivity contribution in [3.63, 3.8) is 0 Å². The summed E-state index contributed by atoms with van der Waals surface area (Å²) < 4.78 is 1.92. The number of aromatic nitrogens is 2. The molecule has 29 heavy (non-hydrogen) atoms. The third-order valence-electron chi connectivity index (χ3n) is 5.70. The molecule has 2 aliphatic rings. The molecule has 1 aromatic carbocycles. The zero-order chi connectivity index (χ0) is 20.4. The number of carbonyl (C=O) groups is 2. The third kappa shape index (κ3) is 4.67. The van der Waals surface area contributed by atoms with Crippen LogP contribution < -0.4 is 5.32 Å². The van der Waals surface area contributed by atoms with Crippen LogP contribution in [0.3, 0.4) is 0 Å². The molecule has 4 rings (SSSR count). The molecule has 1 aliphatic carbocycles. The standard InChI is InChI=1S/C22H28N4O3/c1-15-3-5-17(6-4-15)22(29)23-10-9-20(27)25-11-2-12-26-18(14-25)13-19(24-26)21(28)16-7-8-16/h3-6,13,16,21,28H,2,7-12,14H2,1H3,(H,23,29). The maximum Gasteiger partial charge on any atom is 0.251 e. The minimum Gasteiger partial charge on any atom is -0.386 e. The van der Waals surface area contributed by atoms with Crippen molar-refractivity contribution < 1.29 is 14.7 Å². The highest BCUT2D eigenvalue weighted by Crippen LogP contribution is 2.40. The lowest BCUT2D eigenvalue weighted by atomic mass is 10.1. The molecule has 1 aromatic heterocycles. The van der Waals surface area contributed by atoms with Crippen LogP contribution in [0.4, 0.5) is 0 Å². The van der Waals surface area contributed by atoms with E-state index in [0.717, 1.165) is 42.8 Å². The number of nitrogens with one attached hydrogen (secondary N) is 1. The van der Waals surface area contributed by atoms with Gasteiger partial charge in [0.05, 0.1) is 17.9 Å². The Bertz CT molecular complexity index is 886. The van der Waals surface area contributed by atoms with E-state index >= 15 is 0 Å². The Morgan fingerprint density at radius 1 is 1.24 bits per heavy atom. The number of aryl methyl sites for hydroxylation is 2. The number of hydrogen-bond acceptors (Lipinski definition) is 4. The molecule has 2 heterocycles. The molecule has 7 heteroatoms. The van der Waals surface area contributed by atoms with Crippen LogP contribution in [0, 0.1) is 12.8 Å². The van der Waals surface area contributed by atoms with Gasteiger partial charge in [0.25, 0.3) is 5.91 Å². The molecule has 0 bridgehead atoms. The summed E-state index contributed by atoms with van der Waals surface area (Å²) in [4.78, 5) is 26.7. The van der Waals surface area contributed by atoms with E-state index in [0.29, 0.717) is 31.1 Å². The number of amides is 2. The molecular formula is C22H28N4O3. The summed E-state index contributed by atoms with van der Waals surface area (Å²) in [6.07, 6.45) is 2.72. The van der Waals surface area contributed by atoms with Crippen LogP contribution in [0.2, 0.25) is 0 Å². The van der Waals surface area contributed by atoms with Crippen LogP contribution in [0.15, 0.2) is 30.3 Å². The lowest BCUT2D eigenvalue weighted by Gasteiger charge is -2.20. The Morgan fingerprint density at radius 3 is 2.72 bits per heavy atom. The minimum atomic E-state index is -0.490. The number of nitrogens with zero attached hydrogens (tertiary/aromatic N) is 3. The lowest BCUT2D eigenvalue weighted by Crippen LogP contribution is -2.34. The molecular weight excluding hydrogens is 368 g/mol. The average Bonchev–Trinajstić information content (AvgIpc) is 3.51. The summed E-state index contributed by atoms with van der Waals surface area (Å²) >= 11 is 0. The van der Waals surface area contributed by atoms with Crippen molar-refractivity contribution in [2.24, 2.45) is 5.92 Å². The van der Waals surface area contributed by atoms with E-state index in [9.17, 15) is 14.7 Å². The molecule has 2 aromatic rings. The number of rotatable bonds is 6. The molecule has 0 saturated heterocycles. The van der Waals surface area contributed by atoms with E-state index in [-0.39, 0.29) is 18.2 Å². The maximum atomic E-state index is 12.7. The van der Waals surface area contributed by atoms with Gasteiger partial charge in [-0.25, -0.2) is 0 Å². The van der Waals surface area contributed by atoms with Crippen LogP contribution in [0.5, 0.6) is 0 Å². The molecule has 1 aliphatic heterocycles. The van der Waals surface area contributed by atoms with Gasteiger partial charge in [-0.05, 0) is 50.3 Å². The molecule has 1 fully saturated rings. The van der Waals surface area contributed by atoms with Gasteiger partial charge in [-0.3, -0.25) is 14.3 Å². The molecule has 1 unspecified atom stereocenters. The van der Waals surface area contributed by atoms with E-state index in [1.54, 1.807) is 12.1 Å². The predicted octanol–water partition coefficient (Wildman–Crippen LogP) is 2.19. The van der Waals surface area contributed by atoms with E-state index < -0.39 is 6.10 Å². The summed E-state index contributed by atoms with van der Waals surface area (Å²) in [6.45, 7) is 4.21. The molecule has 154 valence electrons. The van der Waals surface area contributed by atoms with Crippen molar-refractivity contribution in [2.75, 3.05) is 13.1 Å². The Labute approximate surface area is 170 Å². The van der Waals surface area contributed by atoms with Crippen molar-refractivity contribution in [3.05, 3.63) is 52.8 Å². The summed E-state index contributed by atoms with van der Waals surface area (Å²) in [5, 5.41) is 17.7. The van der Waals surface area contributed by atoms with Gasteiger partial charge in [0.15, 0.2) is 0 Å². The first-order valence-electron chi connectivity index (χ1n) is 10.4. The van der Waals surface area contributed by atoms with Crippen molar-refractivity contribution in [1.29, 1.82) is 0 Å². The zero-order valence-corrected chi connectivity index (χ0v) is 16.8. The molecule has 7 nitrogen and oxygen atoms in total. The van der Waals surface area contributed by atoms with Crippen molar-refractivity contribution >= 4 is 11.8 Å². The minimum absolute atomic E-state index is 0.0214. The van der Waals surface area contributed by atoms with E-state index in [1.807, 2.05) is 34.7 Å². The monoisotopic (exact) mass is 396 g/mol. The molecule has 1 saturated carbocycles. The van der Waals surface area contributed by atoms with Crippen molar-refractivity contribution in [2.45, 2.75) is 51.8 Å². The Balaban J connectivity index is 1.30. The first kappa shape index (κ1) is 19.6. The summed E-state index contributed by atoms with van der Waals surface area (Å²) in [5.41, 5.74) is 3.39. The third-order valence-corrected chi connectivity index (χ3v) is 5.70. The predicted molar refractivity (Wildman–Crippen MR) is 108 cm³/mol. The van der Waals surface area contributed by atoms with Crippen LogP contribution in [0.1, 0.15) is 59.1 Å². The fourth-order valence-electron chi connectivity index (χ4n) is 3.74. The topological polar surface area (TPSA) is 87.5 Å². The van der Waals surface area contributed by atoms with Crippen LogP contribution in [-0.4, -0.2) is 44.7 Å². The Hall–Kier alpha value is -2.67. The average molecular weight is 396 g/mol. The number of aliphatic hydroxyl groups excluding tert-OH is 1. The second-order valence-electron chi connectivity index (χ2n) is 8.11. The molecule has 0 spiro atoms. The van der Waals surface area contributed by atoms with E-state index in [2.05, 4.69) is 10.4 Å². The molecule has 2 amide bonds. The number of carbonyl (C=O) groups excluding carboxylic acids is 2. The number of benzene rings is 1. The smallest absolute Gasteiger partial charge is 0.251 e. The molecule has 2 N–H and O–H groups in total. The lowest BCUT2D eigenvalue weighted by molar-refractivity contribution is -0.131.